The molecule has 1 N–H and O–H groups in total. The maximum Gasteiger partial charge on any atom is 0.217 e. The Labute approximate surface area is 116 Å². The molecule has 2 rings (SSSR count). The van der Waals surface area contributed by atoms with Crippen LogP contribution >= 0.6 is 0 Å². The molecule has 1 heterocycles. The number of hydrogen-bond acceptors (Lipinski definition) is 3. The van der Waals surface area contributed by atoms with Crippen molar-refractivity contribution in [2.45, 2.75) is 12.5 Å². The van der Waals surface area contributed by atoms with E-state index in [2.05, 4.69) is 10.3 Å². The van der Waals surface area contributed by atoms with Crippen molar-refractivity contribution < 1.29 is 13.5 Å². The van der Waals surface area contributed by atoms with Gasteiger partial charge in [-0.15, -0.1) is 0 Å². The Kier molecular flexibility index (Phi) is 4.63. The standard InChI is InChI=1S/C15H16F2N2O/c1-18-14(12-4-3-7-19-15(12)20-2)8-10-5-6-11(16)9-13(10)17/h3-7,9,14,18H,8H2,1-2H3. The molecule has 0 bridgehead atoms. The fourth-order valence-corrected chi connectivity index (χ4v) is 2.11. The lowest BCUT2D eigenvalue weighted by Crippen LogP contribution is -2.20. The zero-order valence-corrected chi connectivity index (χ0v) is 11.4. The predicted molar refractivity (Wildman–Crippen MR) is 72.7 cm³/mol. The van der Waals surface area contributed by atoms with E-state index in [1.807, 2.05) is 6.07 Å². The van der Waals surface area contributed by atoms with Crippen LogP contribution in [0, 0.1) is 11.6 Å². The Morgan fingerprint density at radius 1 is 1.30 bits per heavy atom. The first kappa shape index (κ1) is 14.4. The number of ether oxygens (including phenoxy) is 1. The summed E-state index contributed by atoms with van der Waals surface area (Å²) >= 11 is 0. The van der Waals surface area contributed by atoms with Crippen molar-refractivity contribution in [1.29, 1.82) is 0 Å². The molecule has 1 atom stereocenters. The molecule has 1 aromatic carbocycles. The molecule has 106 valence electrons. The van der Waals surface area contributed by atoms with Crippen molar-refractivity contribution in [2.75, 3.05) is 14.2 Å². The SMILES string of the molecule is CNC(Cc1ccc(F)cc1F)c1cccnc1OC. The van der Waals surface area contributed by atoms with Gasteiger partial charge in [0.05, 0.1) is 7.11 Å². The second-order valence-electron chi connectivity index (χ2n) is 4.38. The smallest absolute Gasteiger partial charge is 0.217 e. The fourth-order valence-electron chi connectivity index (χ4n) is 2.11. The molecule has 0 fully saturated rings. The topological polar surface area (TPSA) is 34.2 Å². The van der Waals surface area contributed by atoms with E-state index in [9.17, 15) is 8.78 Å². The van der Waals surface area contributed by atoms with Gasteiger partial charge in [0.25, 0.3) is 0 Å². The van der Waals surface area contributed by atoms with E-state index in [1.54, 1.807) is 19.3 Å². The van der Waals surface area contributed by atoms with Gasteiger partial charge in [0.1, 0.15) is 11.6 Å². The van der Waals surface area contributed by atoms with Crippen molar-refractivity contribution >= 4 is 0 Å². The van der Waals surface area contributed by atoms with Gasteiger partial charge in [-0.05, 0) is 31.2 Å². The average molecular weight is 278 g/mol. The summed E-state index contributed by atoms with van der Waals surface area (Å²) in [6, 6.07) is 7.10. The van der Waals surface area contributed by atoms with Crippen LogP contribution in [0.15, 0.2) is 36.5 Å². The first-order valence-corrected chi connectivity index (χ1v) is 6.25. The van der Waals surface area contributed by atoms with Crippen LogP contribution in [-0.4, -0.2) is 19.1 Å². The molecule has 0 radical (unpaired) electrons. The number of halogens is 2. The molecule has 0 aliphatic heterocycles. The number of aromatic nitrogens is 1. The van der Waals surface area contributed by atoms with E-state index >= 15 is 0 Å². The van der Waals surface area contributed by atoms with Crippen molar-refractivity contribution in [3.8, 4) is 5.88 Å². The lowest BCUT2D eigenvalue weighted by Gasteiger charge is -2.19. The quantitative estimate of drug-likeness (QED) is 0.913. The third-order valence-electron chi connectivity index (χ3n) is 3.16. The van der Waals surface area contributed by atoms with Gasteiger partial charge in [0, 0.05) is 23.9 Å². The van der Waals surface area contributed by atoms with Crippen molar-refractivity contribution in [3.05, 3.63) is 59.3 Å². The third-order valence-corrected chi connectivity index (χ3v) is 3.16. The molecular weight excluding hydrogens is 262 g/mol. The van der Waals surface area contributed by atoms with Crippen molar-refractivity contribution in [3.63, 3.8) is 0 Å². The molecule has 5 heteroatoms. The Hall–Kier alpha value is -2.01. The highest BCUT2D eigenvalue weighted by molar-refractivity contribution is 5.31. The Bertz CT molecular complexity index is 590. The van der Waals surface area contributed by atoms with Gasteiger partial charge in [-0.3, -0.25) is 0 Å². The van der Waals surface area contributed by atoms with Gasteiger partial charge in [-0.1, -0.05) is 12.1 Å². The summed E-state index contributed by atoms with van der Waals surface area (Å²) in [6.07, 6.45) is 2.01. The molecule has 20 heavy (non-hydrogen) atoms. The molecule has 0 saturated heterocycles. The van der Waals surface area contributed by atoms with Gasteiger partial charge in [-0.2, -0.15) is 0 Å². The maximum atomic E-state index is 13.7. The second-order valence-corrected chi connectivity index (χ2v) is 4.38. The van der Waals surface area contributed by atoms with Gasteiger partial charge in [-0.25, -0.2) is 13.8 Å². The third kappa shape index (κ3) is 3.11. The van der Waals surface area contributed by atoms with Crippen LogP contribution < -0.4 is 10.1 Å². The summed E-state index contributed by atoms with van der Waals surface area (Å²) in [4.78, 5) is 4.13. The molecule has 0 aliphatic rings. The highest BCUT2D eigenvalue weighted by Crippen LogP contribution is 2.26. The Balaban J connectivity index is 2.29. The van der Waals surface area contributed by atoms with E-state index in [4.69, 9.17) is 4.74 Å². The maximum absolute atomic E-state index is 13.7. The number of pyridine rings is 1. The van der Waals surface area contributed by atoms with Crippen LogP contribution in [0.5, 0.6) is 5.88 Å². The molecular formula is C15H16F2N2O. The summed E-state index contributed by atoms with van der Waals surface area (Å²) in [6.45, 7) is 0. The van der Waals surface area contributed by atoms with Crippen LogP contribution in [-0.2, 0) is 6.42 Å². The Morgan fingerprint density at radius 3 is 2.75 bits per heavy atom. The zero-order valence-electron chi connectivity index (χ0n) is 11.4. The van der Waals surface area contributed by atoms with E-state index < -0.39 is 11.6 Å². The monoisotopic (exact) mass is 278 g/mol. The van der Waals surface area contributed by atoms with Crippen LogP contribution in [0.4, 0.5) is 8.78 Å². The molecule has 0 saturated carbocycles. The highest BCUT2D eigenvalue weighted by atomic mass is 19.1. The summed E-state index contributed by atoms with van der Waals surface area (Å²) in [5, 5.41) is 3.10. The van der Waals surface area contributed by atoms with Crippen LogP contribution in [0.2, 0.25) is 0 Å². The van der Waals surface area contributed by atoms with E-state index in [1.165, 1.54) is 19.2 Å². The largest absolute Gasteiger partial charge is 0.481 e. The van der Waals surface area contributed by atoms with Crippen LogP contribution in [0.25, 0.3) is 0 Å². The fraction of sp³-hybridized carbons (Fsp3) is 0.267. The zero-order chi connectivity index (χ0) is 14.5. The van der Waals surface area contributed by atoms with Gasteiger partial charge < -0.3 is 10.1 Å². The van der Waals surface area contributed by atoms with E-state index in [0.717, 1.165) is 11.6 Å². The average Bonchev–Trinajstić information content (AvgIpc) is 2.46. The highest BCUT2D eigenvalue weighted by Gasteiger charge is 2.17. The molecule has 1 unspecified atom stereocenters. The number of benzene rings is 1. The van der Waals surface area contributed by atoms with E-state index in [-0.39, 0.29) is 6.04 Å². The second kappa shape index (κ2) is 6.43. The number of rotatable bonds is 5. The lowest BCUT2D eigenvalue weighted by atomic mass is 9.99. The summed E-state index contributed by atoms with van der Waals surface area (Å²) in [7, 11) is 3.32. The minimum atomic E-state index is -0.578. The van der Waals surface area contributed by atoms with Crippen LogP contribution in [0.1, 0.15) is 17.2 Å². The molecule has 1 aromatic heterocycles. The van der Waals surface area contributed by atoms with Crippen molar-refractivity contribution in [1.82, 2.24) is 10.3 Å². The number of likely N-dealkylation sites (N-methyl/N-ethyl adjacent to an activating group) is 1. The van der Waals surface area contributed by atoms with Gasteiger partial charge >= 0.3 is 0 Å². The predicted octanol–water partition coefficient (Wildman–Crippen LogP) is 2.87. The molecule has 0 amide bonds. The normalized spacial score (nSPS) is 12.2. The molecule has 0 spiro atoms. The summed E-state index contributed by atoms with van der Waals surface area (Å²) in [5.41, 5.74) is 1.28. The minimum Gasteiger partial charge on any atom is -0.481 e. The van der Waals surface area contributed by atoms with Gasteiger partial charge in [0.15, 0.2) is 0 Å². The summed E-state index contributed by atoms with van der Waals surface area (Å²) < 4.78 is 31.9. The number of hydrogen-bond donors (Lipinski definition) is 1. The van der Waals surface area contributed by atoms with Crippen LogP contribution in [0.3, 0.4) is 0 Å². The summed E-state index contributed by atoms with van der Waals surface area (Å²) in [5.74, 6) is -0.631. The lowest BCUT2D eigenvalue weighted by molar-refractivity contribution is 0.384. The van der Waals surface area contributed by atoms with Crippen molar-refractivity contribution in [2.24, 2.45) is 0 Å². The molecule has 0 aliphatic carbocycles. The molecule has 3 nitrogen and oxygen atoms in total. The number of nitrogens with zero attached hydrogens (tertiary/aromatic N) is 1. The Morgan fingerprint density at radius 2 is 2.10 bits per heavy atom. The first-order valence-electron chi connectivity index (χ1n) is 6.25. The number of nitrogens with one attached hydrogen (secondary N) is 1. The van der Waals surface area contributed by atoms with E-state index in [0.29, 0.717) is 17.9 Å². The number of methoxy groups -OCH3 is 1. The minimum absolute atomic E-state index is 0.168. The first-order chi connectivity index (χ1) is 9.65. The molecule has 2 aromatic rings. The van der Waals surface area contributed by atoms with Gasteiger partial charge in [0.2, 0.25) is 5.88 Å².